The van der Waals surface area contributed by atoms with Crippen molar-refractivity contribution >= 4 is 11.6 Å². The topological polar surface area (TPSA) is 73.3 Å². The molecule has 0 spiro atoms. The van der Waals surface area contributed by atoms with Crippen molar-refractivity contribution in [3.63, 3.8) is 0 Å². The first-order valence-electron chi connectivity index (χ1n) is 8.10. The fourth-order valence-corrected chi connectivity index (χ4v) is 1.96. The molecule has 0 aliphatic rings. The summed E-state index contributed by atoms with van der Waals surface area (Å²) in [4.78, 5) is 4.21. The smallest absolute Gasteiger partial charge is 0.195 e. The van der Waals surface area contributed by atoms with E-state index < -0.39 is 0 Å². The van der Waals surface area contributed by atoms with Crippen LogP contribution in [0, 0.1) is 0 Å². The van der Waals surface area contributed by atoms with Gasteiger partial charge in [-0.05, 0) is 25.5 Å². The minimum absolute atomic E-state index is 0.596. The second-order valence-electron chi connectivity index (χ2n) is 4.88. The highest BCUT2D eigenvalue weighted by Gasteiger charge is 2.06. The summed E-state index contributed by atoms with van der Waals surface area (Å²) in [5.74, 6) is 2.10. The van der Waals surface area contributed by atoms with Gasteiger partial charge in [0.2, 0.25) is 0 Å². The second-order valence-corrected chi connectivity index (χ2v) is 4.88. The van der Waals surface area contributed by atoms with E-state index in [1.165, 1.54) is 0 Å². The third-order valence-corrected chi connectivity index (χ3v) is 3.14. The summed E-state index contributed by atoms with van der Waals surface area (Å²) >= 11 is 0. The number of guanidine groups is 1. The fraction of sp³-hybridized carbons (Fsp3) is 0.588. The Morgan fingerprint density at radius 2 is 1.96 bits per heavy atom. The number of anilines is 1. The molecule has 1 aromatic carbocycles. The molecule has 0 fully saturated rings. The predicted octanol–water partition coefficient (Wildman–Crippen LogP) is 2.13. The van der Waals surface area contributed by atoms with Gasteiger partial charge >= 0.3 is 0 Å². The van der Waals surface area contributed by atoms with Gasteiger partial charge in [0.1, 0.15) is 0 Å². The average molecular weight is 339 g/mol. The summed E-state index contributed by atoms with van der Waals surface area (Å²) in [5.41, 5.74) is 0.875. The van der Waals surface area contributed by atoms with E-state index in [1.807, 2.05) is 25.1 Å². The molecule has 0 radical (unpaired) electrons. The molecule has 0 saturated carbocycles. The molecule has 136 valence electrons. The molecule has 1 rings (SSSR count). The van der Waals surface area contributed by atoms with Gasteiger partial charge in [-0.3, -0.25) is 4.99 Å². The maximum absolute atomic E-state index is 5.51. The van der Waals surface area contributed by atoms with Crippen LogP contribution < -0.4 is 20.1 Å². The summed E-state index contributed by atoms with van der Waals surface area (Å²) in [5, 5.41) is 6.47. The minimum Gasteiger partial charge on any atom is -0.493 e. The van der Waals surface area contributed by atoms with Crippen molar-refractivity contribution < 1.29 is 18.9 Å². The molecule has 0 amide bonds. The van der Waals surface area contributed by atoms with Crippen LogP contribution in [0.5, 0.6) is 11.5 Å². The number of aliphatic imine (C=N–C) groups is 1. The first-order valence-corrected chi connectivity index (χ1v) is 8.10. The Morgan fingerprint density at radius 1 is 1.12 bits per heavy atom. The molecule has 0 aliphatic carbocycles. The van der Waals surface area contributed by atoms with Crippen LogP contribution in [0.15, 0.2) is 23.2 Å². The van der Waals surface area contributed by atoms with Crippen LogP contribution >= 0.6 is 0 Å². The van der Waals surface area contributed by atoms with E-state index in [-0.39, 0.29) is 0 Å². The normalized spacial score (nSPS) is 11.2. The van der Waals surface area contributed by atoms with Crippen molar-refractivity contribution in [1.82, 2.24) is 5.32 Å². The van der Waals surface area contributed by atoms with Gasteiger partial charge in [-0.15, -0.1) is 0 Å². The number of benzene rings is 1. The fourth-order valence-electron chi connectivity index (χ4n) is 1.96. The van der Waals surface area contributed by atoms with Gasteiger partial charge in [0, 0.05) is 39.1 Å². The highest BCUT2D eigenvalue weighted by molar-refractivity contribution is 5.93. The first-order chi connectivity index (χ1) is 11.7. The molecular formula is C17H29N3O4. The molecule has 7 nitrogen and oxygen atoms in total. The van der Waals surface area contributed by atoms with Gasteiger partial charge in [-0.2, -0.15) is 0 Å². The van der Waals surface area contributed by atoms with Crippen LogP contribution in [0.25, 0.3) is 0 Å². The van der Waals surface area contributed by atoms with Gasteiger partial charge in [0.15, 0.2) is 17.5 Å². The van der Waals surface area contributed by atoms with Crippen LogP contribution in [0.4, 0.5) is 5.69 Å². The molecule has 0 atom stereocenters. The zero-order valence-corrected chi connectivity index (χ0v) is 15.1. The molecular weight excluding hydrogens is 310 g/mol. The van der Waals surface area contributed by atoms with Crippen molar-refractivity contribution in [1.29, 1.82) is 0 Å². The van der Waals surface area contributed by atoms with Crippen LogP contribution in [-0.2, 0) is 9.47 Å². The lowest BCUT2D eigenvalue weighted by molar-refractivity contribution is 0.0699. The Balaban J connectivity index is 2.42. The largest absolute Gasteiger partial charge is 0.493 e. The molecule has 2 N–H and O–H groups in total. The maximum atomic E-state index is 5.51. The number of nitrogens with zero attached hydrogens (tertiary/aromatic N) is 1. The number of hydrogen-bond donors (Lipinski definition) is 2. The molecule has 7 heteroatoms. The van der Waals surface area contributed by atoms with Gasteiger partial charge in [0.05, 0.1) is 26.9 Å². The number of methoxy groups -OCH3 is 2. The van der Waals surface area contributed by atoms with Crippen molar-refractivity contribution in [3.05, 3.63) is 18.2 Å². The van der Waals surface area contributed by atoms with E-state index in [2.05, 4.69) is 15.6 Å². The van der Waals surface area contributed by atoms with Gasteiger partial charge in [0.25, 0.3) is 0 Å². The van der Waals surface area contributed by atoms with Crippen molar-refractivity contribution in [3.8, 4) is 11.5 Å². The van der Waals surface area contributed by atoms with E-state index in [0.29, 0.717) is 38.1 Å². The minimum atomic E-state index is 0.596. The molecule has 0 heterocycles. The Labute approximate surface area is 144 Å². The van der Waals surface area contributed by atoms with Gasteiger partial charge in [-0.25, -0.2) is 0 Å². The Bertz CT molecular complexity index is 495. The second kappa shape index (κ2) is 12.4. The lowest BCUT2D eigenvalue weighted by Gasteiger charge is -2.14. The van der Waals surface area contributed by atoms with E-state index in [1.54, 1.807) is 21.3 Å². The summed E-state index contributed by atoms with van der Waals surface area (Å²) in [6, 6.07) is 5.68. The molecule has 0 saturated heterocycles. The molecule has 24 heavy (non-hydrogen) atoms. The quantitative estimate of drug-likeness (QED) is 0.366. The van der Waals surface area contributed by atoms with Crippen molar-refractivity contribution in [2.75, 3.05) is 59.6 Å². The Hall–Kier alpha value is -1.99. The number of rotatable bonds is 11. The Kier molecular flexibility index (Phi) is 10.4. The highest BCUT2D eigenvalue weighted by atomic mass is 16.5. The number of hydrogen-bond acceptors (Lipinski definition) is 5. The van der Waals surface area contributed by atoms with Crippen LogP contribution in [0.3, 0.4) is 0 Å². The zero-order chi connectivity index (χ0) is 17.6. The maximum Gasteiger partial charge on any atom is 0.195 e. The van der Waals surface area contributed by atoms with E-state index >= 15 is 0 Å². The number of nitrogens with one attached hydrogen (secondary N) is 2. The summed E-state index contributed by atoms with van der Waals surface area (Å²) < 4.78 is 21.2. The molecule has 0 unspecified atom stereocenters. The van der Waals surface area contributed by atoms with E-state index in [0.717, 1.165) is 24.4 Å². The standard InChI is InChI=1S/C17H29N3O4/c1-5-24-15-8-7-14(13-16(15)22-4)20-17(18-2)19-9-6-10-23-12-11-21-3/h7-8,13H,5-6,9-12H2,1-4H3,(H2,18,19,20). The van der Waals surface area contributed by atoms with Gasteiger partial charge < -0.3 is 29.6 Å². The predicted molar refractivity (Wildman–Crippen MR) is 96.5 cm³/mol. The SMILES string of the molecule is CCOc1ccc(NC(=NC)NCCCOCCOC)cc1OC. The average Bonchev–Trinajstić information content (AvgIpc) is 2.61. The van der Waals surface area contributed by atoms with E-state index in [9.17, 15) is 0 Å². The number of ether oxygens (including phenoxy) is 4. The Morgan fingerprint density at radius 3 is 2.62 bits per heavy atom. The van der Waals surface area contributed by atoms with Gasteiger partial charge in [-0.1, -0.05) is 0 Å². The van der Waals surface area contributed by atoms with Crippen LogP contribution in [0.1, 0.15) is 13.3 Å². The zero-order valence-electron chi connectivity index (χ0n) is 15.1. The molecule has 1 aromatic rings. The van der Waals surface area contributed by atoms with E-state index in [4.69, 9.17) is 18.9 Å². The third-order valence-electron chi connectivity index (χ3n) is 3.14. The molecule has 0 bridgehead atoms. The summed E-state index contributed by atoms with van der Waals surface area (Å²) in [6.45, 7) is 5.23. The molecule has 0 aliphatic heterocycles. The molecule has 0 aromatic heterocycles. The monoisotopic (exact) mass is 339 g/mol. The highest BCUT2D eigenvalue weighted by Crippen LogP contribution is 2.30. The third kappa shape index (κ3) is 7.52. The summed E-state index contributed by atoms with van der Waals surface area (Å²) in [6.07, 6.45) is 0.886. The van der Waals surface area contributed by atoms with Crippen LogP contribution in [0.2, 0.25) is 0 Å². The van der Waals surface area contributed by atoms with Crippen molar-refractivity contribution in [2.24, 2.45) is 4.99 Å². The first kappa shape index (κ1) is 20.1. The van der Waals surface area contributed by atoms with Crippen molar-refractivity contribution in [2.45, 2.75) is 13.3 Å². The summed E-state index contributed by atoms with van der Waals surface area (Å²) in [7, 11) is 5.02. The van der Waals surface area contributed by atoms with Crippen LogP contribution in [-0.4, -0.2) is 60.2 Å². The lowest BCUT2D eigenvalue weighted by Crippen LogP contribution is -2.32. The lowest BCUT2D eigenvalue weighted by atomic mass is 10.2.